The van der Waals surface area contributed by atoms with Crippen molar-refractivity contribution in [1.82, 2.24) is 24.5 Å². The van der Waals surface area contributed by atoms with Crippen LogP contribution in [0.5, 0.6) is 0 Å². The number of aromatic nitrogens is 5. The Morgan fingerprint density at radius 2 is 1.87 bits per heavy atom. The van der Waals surface area contributed by atoms with E-state index in [4.69, 9.17) is 4.99 Å². The van der Waals surface area contributed by atoms with Gasteiger partial charge in [-0.3, -0.25) is 14.9 Å². The lowest BCUT2D eigenvalue weighted by atomic mass is 10.1. The van der Waals surface area contributed by atoms with Gasteiger partial charge in [-0.1, -0.05) is 43.7 Å². The Kier molecular flexibility index (Phi) is 5.70. The van der Waals surface area contributed by atoms with Gasteiger partial charge in [0.1, 0.15) is 12.7 Å². The Morgan fingerprint density at radius 3 is 2.53 bits per heavy atom. The summed E-state index contributed by atoms with van der Waals surface area (Å²) in [5.74, 6) is 0. The van der Waals surface area contributed by atoms with Crippen molar-refractivity contribution in [3.05, 3.63) is 94.4 Å². The smallest absolute Gasteiger partial charge is 0.280 e. The summed E-state index contributed by atoms with van der Waals surface area (Å²) in [6.07, 6.45) is 4.93. The van der Waals surface area contributed by atoms with Gasteiger partial charge in [0.15, 0.2) is 0 Å². The van der Waals surface area contributed by atoms with Crippen LogP contribution in [0.15, 0.2) is 77.0 Å². The van der Waals surface area contributed by atoms with Crippen LogP contribution in [0, 0.1) is 0 Å². The van der Waals surface area contributed by atoms with E-state index in [2.05, 4.69) is 22.1 Å². The predicted octanol–water partition coefficient (Wildman–Crippen LogP) is 3.90. The normalized spacial score (nSPS) is 11.7. The number of H-pyrrole nitrogens is 1. The van der Waals surface area contributed by atoms with Crippen LogP contribution in [0.25, 0.3) is 5.69 Å². The number of rotatable bonds is 7. The molecule has 0 spiro atoms. The van der Waals surface area contributed by atoms with E-state index >= 15 is 0 Å². The Balaban J connectivity index is 1.65. The molecular weight excluding hydrogens is 376 g/mol. The molecule has 152 valence electrons. The maximum Gasteiger partial charge on any atom is 0.280 e. The molecule has 7 heteroatoms. The highest BCUT2D eigenvalue weighted by Gasteiger charge is 2.17. The van der Waals surface area contributed by atoms with E-state index in [0.717, 1.165) is 35.5 Å². The summed E-state index contributed by atoms with van der Waals surface area (Å²) in [5, 5.41) is 7.40. The number of benzene rings is 2. The fraction of sp³-hybridized carbons (Fsp3) is 0.217. The molecule has 30 heavy (non-hydrogen) atoms. The Bertz CT molecular complexity index is 1180. The molecule has 0 aliphatic carbocycles. The van der Waals surface area contributed by atoms with Crippen molar-refractivity contribution < 1.29 is 0 Å². The average Bonchev–Trinajstić information content (AvgIpc) is 3.38. The maximum atomic E-state index is 13.2. The van der Waals surface area contributed by atoms with Crippen LogP contribution in [-0.2, 0) is 13.0 Å². The first-order valence-corrected chi connectivity index (χ1v) is 10.0. The highest BCUT2D eigenvalue weighted by molar-refractivity contribution is 6.01. The van der Waals surface area contributed by atoms with Gasteiger partial charge in [0.05, 0.1) is 29.2 Å². The summed E-state index contributed by atoms with van der Waals surface area (Å²) >= 11 is 0. The fourth-order valence-electron chi connectivity index (χ4n) is 3.47. The van der Waals surface area contributed by atoms with Crippen molar-refractivity contribution in [3.63, 3.8) is 0 Å². The SMILES string of the molecule is CCCc1[nH]n(-c2ccccc2)c(=O)c1C(C)=Nc1ccc(Cn2cncn2)cc1. The van der Waals surface area contributed by atoms with Gasteiger partial charge < -0.3 is 0 Å². The first-order chi connectivity index (χ1) is 14.7. The molecule has 0 aliphatic rings. The first kappa shape index (κ1) is 19.6. The number of hydrogen-bond acceptors (Lipinski definition) is 4. The maximum absolute atomic E-state index is 13.2. The molecule has 2 aromatic heterocycles. The van der Waals surface area contributed by atoms with E-state index in [9.17, 15) is 4.79 Å². The number of nitrogens with one attached hydrogen (secondary N) is 1. The molecule has 2 heterocycles. The fourth-order valence-corrected chi connectivity index (χ4v) is 3.47. The quantitative estimate of drug-likeness (QED) is 0.478. The summed E-state index contributed by atoms with van der Waals surface area (Å²) in [5.41, 5.74) is 4.92. The number of hydrogen-bond donors (Lipinski definition) is 1. The van der Waals surface area contributed by atoms with Crippen molar-refractivity contribution in [2.45, 2.75) is 33.2 Å². The van der Waals surface area contributed by atoms with Gasteiger partial charge >= 0.3 is 0 Å². The number of nitrogens with zero attached hydrogens (tertiary/aromatic N) is 5. The zero-order valence-electron chi connectivity index (χ0n) is 17.1. The second kappa shape index (κ2) is 8.73. The molecule has 0 bridgehead atoms. The lowest BCUT2D eigenvalue weighted by Gasteiger charge is -2.03. The standard InChI is InChI=1S/C23H24N6O/c1-3-7-21-22(23(30)29(27-21)20-8-5-4-6-9-20)17(2)26-19-12-10-18(11-13-19)14-28-16-24-15-25-28/h4-6,8-13,15-16,27H,3,7,14H2,1-2H3. The molecular formula is C23H24N6O. The van der Waals surface area contributed by atoms with Gasteiger partial charge in [-0.25, -0.2) is 14.3 Å². The molecule has 2 aromatic carbocycles. The molecule has 0 amide bonds. The van der Waals surface area contributed by atoms with E-state index in [1.165, 1.54) is 6.33 Å². The third-order valence-corrected chi connectivity index (χ3v) is 4.89. The van der Waals surface area contributed by atoms with E-state index in [1.54, 1.807) is 15.7 Å². The van der Waals surface area contributed by atoms with Crippen LogP contribution < -0.4 is 5.56 Å². The largest absolute Gasteiger partial charge is 0.294 e. The second-order valence-electron chi connectivity index (χ2n) is 7.15. The number of aryl methyl sites for hydroxylation is 1. The Morgan fingerprint density at radius 1 is 1.10 bits per heavy atom. The molecule has 1 N–H and O–H groups in total. The van der Waals surface area contributed by atoms with Crippen molar-refractivity contribution in [2.75, 3.05) is 0 Å². The Labute approximate surface area is 174 Å². The minimum absolute atomic E-state index is 0.0753. The van der Waals surface area contributed by atoms with Gasteiger partial charge in [0.25, 0.3) is 5.56 Å². The molecule has 0 fully saturated rings. The van der Waals surface area contributed by atoms with Crippen LogP contribution in [0.3, 0.4) is 0 Å². The minimum atomic E-state index is -0.0753. The van der Waals surface area contributed by atoms with Crippen molar-refractivity contribution in [3.8, 4) is 5.69 Å². The summed E-state index contributed by atoms with van der Waals surface area (Å²) in [7, 11) is 0. The molecule has 0 saturated heterocycles. The zero-order chi connectivity index (χ0) is 20.9. The van der Waals surface area contributed by atoms with Gasteiger partial charge in [-0.15, -0.1) is 0 Å². The lowest BCUT2D eigenvalue weighted by Crippen LogP contribution is -2.19. The highest BCUT2D eigenvalue weighted by atomic mass is 16.1. The number of aromatic amines is 1. The van der Waals surface area contributed by atoms with E-state index in [1.807, 2.05) is 61.5 Å². The first-order valence-electron chi connectivity index (χ1n) is 10.0. The monoisotopic (exact) mass is 400 g/mol. The molecule has 0 unspecified atom stereocenters. The van der Waals surface area contributed by atoms with Gasteiger partial charge in [-0.2, -0.15) is 5.10 Å². The van der Waals surface area contributed by atoms with E-state index < -0.39 is 0 Å². The molecule has 4 rings (SSSR count). The minimum Gasteiger partial charge on any atom is -0.294 e. The second-order valence-corrected chi connectivity index (χ2v) is 7.15. The molecule has 0 atom stereocenters. The van der Waals surface area contributed by atoms with Gasteiger partial charge in [0.2, 0.25) is 0 Å². The summed E-state index contributed by atoms with van der Waals surface area (Å²) in [6.45, 7) is 4.65. The summed E-state index contributed by atoms with van der Waals surface area (Å²) in [6, 6.07) is 17.5. The van der Waals surface area contributed by atoms with Gasteiger partial charge in [0, 0.05) is 5.69 Å². The molecule has 0 saturated carbocycles. The van der Waals surface area contributed by atoms with Crippen LogP contribution in [-0.4, -0.2) is 30.3 Å². The lowest BCUT2D eigenvalue weighted by molar-refractivity contribution is 0.685. The molecule has 7 nitrogen and oxygen atoms in total. The average molecular weight is 400 g/mol. The van der Waals surface area contributed by atoms with Crippen molar-refractivity contribution in [1.29, 1.82) is 0 Å². The Hall–Kier alpha value is -3.74. The summed E-state index contributed by atoms with van der Waals surface area (Å²) in [4.78, 5) is 21.9. The molecule has 0 radical (unpaired) electrons. The summed E-state index contributed by atoms with van der Waals surface area (Å²) < 4.78 is 3.37. The topological polar surface area (TPSA) is 80.9 Å². The van der Waals surface area contributed by atoms with E-state index in [-0.39, 0.29) is 5.56 Å². The number of para-hydroxylation sites is 1. The van der Waals surface area contributed by atoms with Crippen LogP contribution in [0.4, 0.5) is 5.69 Å². The van der Waals surface area contributed by atoms with Crippen molar-refractivity contribution >= 4 is 11.4 Å². The third-order valence-electron chi connectivity index (χ3n) is 4.89. The van der Waals surface area contributed by atoms with Crippen LogP contribution in [0.2, 0.25) is 0 Å². The number of aliphatic imine (C=N–C) groups is 1. The van der Waals surface area contributed by atoms with Crippen LogP contribution >= 0.6 is 0 Å². The zero-order valence-corrected chi connectivity index (χ0v) is 17.1. The third kappa shape index (κ3) is 4.15. The van der Waals surface area contributed by atoms with Crippen molar-refractivity contribution in [2.24, 2.45) is 4.99 Å². The highest BCUT2D eigenvalue weighted by Crippen LogP contribution is 2.17. The molecule has 0 aliphatic heterocycles. The predicted molar refractivity (Wildman–Crippen MR) is 118 cm³/mol. The van der Waals surface area contributed by atoms with Gasteiger partial charge in [-0.05, 0) is 43.2 Å². The van der Waals surface area contributed by atoms with E-state index in [0.29, 0.717) is 17.8 Å². The molecule has 4 aromatic rings. The van der Waals surface area contributed by atoms with Crippen LogP contribution in [0.1, 0.15) is 37.1 Å².